The maximum Gasteiger partial charge on any atom is 0.328 e. The van der Waals surface area contributed by atoms with Crippen molar-refractivity contribution in [3.8, 4) is 5.75 Å². The van der Waals surface area contributed by atoms with E-state index in [1.165, 1.54) is 18.3 Å². The lowest BCUT2D eigenvalue weighted by Crippen LogP contribution is -2.49. The summed E-state index contributed by atoms with van der Waals surface area (Å²) in [6, 6.07) is 7.95. The summed E-state index contributed by atoms with van der Waals surface area (Å²) in [5.74, 6) is -1.92. The van der Waals surface area contributed by atoms with E-state index >= 15 is 0 Å². The fourth-order valence-corrected chi connectivity index (χ4v) is 3.04. The monoisotopic (exact) mass is 412 g/mol. The van der Waals surface area contributed by atoms with Gasteiger partial charge in [0.05, 0.1) is 25.7 Å². The lowest BCUT2D eigenvalue weighted by molar-refractivity contribution is -0.144. The van der Waals surface area contributed by atoms with Gasteiger partial charge in [0.2, 0.25) is 5.91 Å². The quantitative estimate of drug-likeness (QED) is 0.319. The molecule has 0 unspecified atom stereocenters. The van der Waals surface area contributed by atoms with Crippen molar-refractivity contribution in [1.82, 2.24) is 15.3 Å². The van der Waals surface area contributed by atoms with E-state index in [2.05, 4.69) is 15.3 Å². The van der Waals surface area contributed by atoms with Crippen LogP contribution in [0.1, 0.15) is 11.3 Å². The normalized spacial score (nSPS) is 11.8. The number of ether oxygens (including phenoxy) is 1. The number of nitrogens with one attached hydrogen (secondary N) is 2. The number of imidazole rings is 1. The highest BCUT2D eigenvalue weighted by Crippen LogP contribution is 2.22. The molecule has 1 amide bonds. The molecule has 3 rings (SSSR count). The summed E-state index contributed by atoms with van der Waals surface area (Å²) in [6.45, 7) is -0.254. The van der Waals surface area contributed by atoms with E-state index in [4.69, 9.17) is 4.74 Å². The average molecular weight is 412 g/mol. The fourth-order valence-electron chi connectivity index (χ4n) is 3.04. The molecule has 30 heavy (non-hydrogen) atoms. The summed E-state index contributed by atoms with van der Waals surface area (Å²) in [6.07, 6.45) is 3.14. The van der Waals surface area contributed by atoms with Gasteiger partial charge in [-0.15, -0.1) is 0 Å². The largest absolute Gasteiger partial charge is 0.502 e. The van der Waals surface area contributed by atoms with Gasteiger partial charge in [0.1, 0.15) is 11.7 Å². The Hall–Kier alpha value is -3.95. The number of aromatic hydroxyl groups is 1. The molecule has 2 aromatic carbocycles. The van der Waals surface area contributed by atoms with Crippen LogP contribution in [-0.2, 0) is 27.3 Å². The van der Waals surface area contributed by atoms with Crippen molar-refractivity contribution in [3.05, 3.63) is 74.6 Å². The highest BCUT2D eigenvalue weighted by atomic mass is 16.5. The van der Waals surface area contributed by atoms with Crippen molar-refractivity contribution in [2.24, 2.45) is 0 Å². The van der Waals surface area contributed by atoms with Gasteiger partial charge in [-0.3, -0.25) is 14.4 Å². The van der Waals surface area contributed by atoms with Crippen LogP contribution in [0.25, 0.3) is 0 Å². The lowest BCUT2D eigenvalue weighted by Gasteiger charge is -2.26. The summed E-state index contributed by atoms with van der Waals surface area (Å²) in [7, 11) is 1.20. The third kappa shape index (κ3) is 4.54. The molecule has 0 bridgehead atoms. The van der Waals surface area contributed by atoms with Crippen LogP contribution in [0.5, 0.6) is 5.75 Å². The topological polar surface area (TPSA) is 142 Å². The number of rotatable bonds is 9. The molecule has 1 aromatic heterocycles. The zero-order valence-electron chi connectivity index (χ0n) is 16.1. The lowest BCUT2D eigenvalue weighted by atomic mass is 10.1. The Bertz CT molecular complexity index is 1090. The third-order valence-electron chi connectivity index (χ3n) is 4.52. The molecule has 0 fully saturated rings. The van der Waals surface area contributed by atoms with Crippen LogP contribution in [0.2, 0.25) is 0 Å². The molecule has 0 saturated heterocycles. The van der Waals surface area contributed by atoms with Crippen molar-refractivity contribution < 1.29 is 19.4 Å². The molecule has 3 N–H and O–H groups in total. The molecule has 156 valence electrons. The van der Waals surface area contributed by atoms with Crippen molar-refractivity contribution in [2.75, 3.05) is 18.6 Å². The number of esters is 1. The van der Waals surface area contributed by atoms with Crippen molar-refractivity contribution in [2.45, 2.75) is 19.0 Å². The molecule has 0 aliphatic rings. The molecule has 1 atom stereocenters. The predicted octanol–water partition coefficient (Wildman–Crippen LogP) is -0.382. The first-order valence-corrected chi connectivity index (χ1v) is 9.06. The second-order valence-electron chi connectivity index (χ2n) is 6.61. The molecule has 1 heterocycles. The number of hydrogen-bond acceptors (Lipinski definition) is 8. The molecule has 10 heteroatoms. The minimum atomic E-state index is -0.995. The maximum absolute atomic E-state index is 12.7. The second-order valence-corrected chi connectivity index (χ2v) is 6.61. The first-order valence-electron chi connectivity index (χ1n) is 9.06. The van der Waals surface area contributed by atoms with E-state index in [0.29, 0.717) is 5.69 Å². The molecule has 3 aromatic rings. The molecule has 0 aliphatic carbocycles. The molecule has 0 saturated carbocycles. The van der Waals surface area contributed by atoms with Crippen LogP contribution in [0, 0.1) is 0 Å². The fraction of sp³-hybridized carbons (Fsp3) is 0.250. The van der Waals surface area contributed by atoms with Crippen LogP contribution in [0.4, 0.5) is 5.69 Å². The number of hydrogen-bond donors (Lipinski definition) is 3. The molecular weight excluding hydrogens is 392 g/mol. The Morgan fingerprint density at radius 3 is 2.57 bits per heavy atom. The zero-order chi connectivity index (χ0) is 21.7. The van der Waals surface area contributed by atoms with Gasteiger partial charge in [-0.25, -0.2) is 9.78 Å². The van der Waals surface area contributed by atoms with Crippen LogP contribution in [-0.4, -0.2) is 46.6 Å². The smallest absolute Gasteiger partial charge is 0.328 e. The third-order valence-corrected chi connectivity index (χ3v) is 4.52. The first kappa shape index (κ1) is 20.8. The number of carbonyl (C=O) groups is 2. The van der Waals surface area contributed by atoms with Crippen LogP contribution in [0.3, 0.4) is 0 Å². The van der Waals surface area contributed by atoms with Crippen LogP contribution in [0.15, 0.2) is 52.4 Å². The van der Waals surface area contributed by atoms with E-state index in [9.17, 15) is 24.3 Å². The number of H-pyrrole nitrogens is 1. The van der Waals surface area contributed by atoms with E-state index in [1.807, 2.05) is 6.07 Å². The van der Waals surface area contributed by atoms with Gasteiger partial charge in [0.25, 0.3) is 10.9 Å². The number of amides is 1. The number of nitrogens with zero attached hydrogens (tertiary/aromatic N) is 2. The standard InChI is InChI=1S/C20H20N4O6/c1-30-20(29)14(7-13-8-21-11-22-13)23-15(25)10-24(9-12-5-3-2-4-6-12)16-17(26)19(28)18(16)27/h2-6,8,11,14,26H,7,9-10H2,1H3,(H,21,22)(H,23,25)/t14-/m0/s1. The molecular formula is C20H20N4O6. The van der Waals surface area contributed by atoms with E-state index in [-0.39, 0.29) is 25.2 Å². The highest BCUT2D eigenvalue weighted by molar-refractivity contribution is 5.87. The molecule has 10 nitrogen and oxygen atoms in total. The Morgan fingerprint density at radius 2 is 1.97 bits per heavy atom. The molecule has 0 aliphatic heterocycles. The number of carbonyl (C=O) groups excluding carboxylic acids is 2. The number of aromatic nitrogens is 2. The van der Waals surface area contributed by atoms with E-state index < -0.39 is 34.5 Å². The Morgan fingerprint density at radius 1 is 1.23 bits per heavy atom. The van der Waals surface area contributed by atoms with Crippen molar-refractivity contribution in [1.29, 1.82) is 0 Å². The van der Waals surface area contributed by atoms with Gasteiger partial charge in [-0.05, 0) is 5.56 Å². The Kier molecular flexibility index (Phi) is 6.26. The van der Waals surface area contributed by atoms with E-state index in [1.54, 1.807) is 30.5 Å². The maximum atomic E-state index is 12.7. The predicted molar refractivity (Wildman–Crippen MR) is 107 cm³/mol. The number of aromatic amines is 1. The van der Waals surface area contributed by atoms with Gasteiger partial charge in [-0.1, -0.05) is 30.3 Å². The number of methoxy groups -OCH3 is 1. The SMILES string of the molecule is COC(=O)[C@H](Cc1c[nH]cn1)NC(=O)CN(Cc1ccccc1)c1c(O)c(=O)c1=O. The van der Waals surface area contributed by atoms with Crippen LogP contribution < -0.4 is 21.1 Å². The molecule has 0 radical (unpaired) electrons. The zero-order valence-corrected chi connectivity index (χ0v) is 16.1. The minimum Gasteiger partial charge on any atom is -0.502 e. The highest BCUT2D eigenvalue weighted by Gasteiger charge is 2.29. The summed E-state index contributed by atoms with van der Waals surface area (Å²) < 4.78 is 4.74. The second kappa shape index (κ2) is 9.03. The summed E-state index contributed by atoms with van der Waals surface area (Å²) in [5, 5.41) is 12.4. The average Bonchev–Trinajstić information content (AvgIpc) is 3.26. The van der Waals surface area contributed by atoms with Gasteiger partial charge < -0.3 is 25.0 Å². The van der Waals surface area contributed by atoms with Crippen LogP contribution >= 0.6 is 0 Å². The summed E-state index contributed by atoms with van der Waals surface area (Å²) in [5.41, 5.74) is -0.765. The Labute approximate surface area is 170 Å². The molecule has 0 spiro atoms. The van der Waals surface area contributed by atoms with Gasteiger partial charge in [-0.2, -0.15) is 0 Å². The van der Waals surface area contributed by atoms with E-state index in [0.717, 1.165) is 5.56 Å². The van der Waals surface area contributed by atoms with Crippen molar-refractivity contribution >= 4 is 17.6 Å². The summed E-state index contributed by atoms with van der Waals surface area (Å²) >= 11 is 0. The minimum absolute atomic E-state index is 0.103. The first-order chi connectivity index (χ1) is 14.4. The number of benzene rings is 1. The van der Waals surface area contributed by atoms with Crippen molar-refractivity contribution in [3.63, 3.8) is 0 Å². The number of anilines is 1. The Balaban J connectivity index is 1.77. The van der Waals surface area contributed by atoms with Gasteiger partial charge in [0, 0.05) is 19.2 Å². The summed E-state index contributed by atoms with van der Waals surface area (Å²) in [4.78, 5) is 56.2. The van der Waals surface area contributed by atoms with Gasteiger partial charge in [0.15, 0.2) is 5.75 Å². The van der Waals surface area contributed by atoms with Gasteiger partial charge >= 0.3 is 5.97 Å².